The van der Waals surface area contributed by atoms with E-state index in [4.69, 9.17) is 33.2 Å². The van der Waals surface area contributed by atoms with Crippen molar-refractivity contribution in [3.05, 3.63) is 144 Å². The third kappa shape index (κ3) is 4.97. The second kappa shape index (κ2) is 10.6. The molecule has 5 aromatic carbocycles. The average Bonchev–Trinajstić information content (AvgIpc) is 2.97. The molecular formula is C34H22Cl2N2. The molecule has 0 aliphatic carbocycles. The Morgan fingerprint density at radius 1 is 0.368 bits per heavy atom. The normalized spacial score (nSPS) is 10.9. The molecule has 0 saturated heterocycles. The molecule has 0 aliphatic rings. The second-order valence-corrected chi connectivity index (χ2v) is 9.82. The standard InChI is InChI=1S/C34H22Cl2N2/c35-26-19-25(20-27(36)21-26)34-37-32(30-17-9-7-15-28(30)23-11-3-1-4-12-23)22-33(38-34)31-18-10-8-16-29(31)24-13-5-2-6-14-24/h1-22H. The lowest BCUT2D eigenvalue weighted by atomic mass is 9.94. The van der Waals surface area contributed by atoms with E-state index in [1.807, 2.05) is 60.7 Å². The second-order valence-electron chi connectivity index (χ2n) is 8.94. The van der Waals surface area contributed by atoms with E-state index in [0.29, 0.717) is 15.9 Å². The fraction of sp³-hybridized carbons (Fsp3) is 0. The molecule has 0 spiro atoms. The Morgan fingerprint density at radius 3 is 1.21 bits per heavy atom. The van der Waals surface area contributed by atoms with Crippen molar-refractivity contribution in [2.24, 2.45) is 0 Å². The fourth-order valence-electron chi connectivity index (χ4n) is 4.69. The zero-order chi connectivity index (χ0) is 25.9. The van der Waals surface area contributed by atoms with Gasteiger partial charge in [-0.25, -0.2) is 9.97 Å². The molecule has 6 aromatic rings. The molecule has 182 valence electrons. The minimum Gasteiger partial charge on any atom is -0.228 e. The van der Waals surface area contributed by atoms with Gasteiger partial charge in [0, 0.05) is 26.7 Å². The van der Waals surface area contributed by atoms with Crippen LogP contribution in [0.4, 0.5) is 0 Å². The third-order valence-electron chi connectivity index (χ3n) is 6.42. The maximum Gasteiger partial charge on any atom is 0.160 e. The molecule has 0 aliphatic heterocycles. The van der Waals surface area contributed by atoms with Crippen molar-refractivity contribution in [2.75, 3.05) is 0 Å². The first-order valence-electron chi connectivity index (χ1n) is 12.3. The van der Waals surface area contributed by atoms with Gasteiger partial charge < -0.3 is 0 Å². The smallest absolute Gasteiger partial charge is 0.160 e. The van der Waals surface area contributed by atoms with Crippen molar-refractivity contribution in [3.63, 3.8) is 0 Å². The van der Waals surface area contributed by atoms with Crippen LogP contribution in [-0.4, -0.2) is 9.97 Å². The fourth-order valence-corrected chi connectivity index (χ4v) is 5.21. The predicted molar refractivity (Wildman–Crippen MR) is 159 cm³/mol. The SMILES string of the molecule is Clc1cc(Cl)cc(-c2nc(-c3ccccc3-c3ccccc3)cc(-c3ccccc3-c3ccccc3)n2)c1. The van der Waals surface area contributed by atoms with Crippen LogP contribution in [-0.2, 0) is 0 Å². The molecule has 0 amide bonds. The quantitative estimate of drug-likeness (QED) is 0.222. The molecule has 0 N–H and O–H groups in total. The minimum absolute atomic E-state index is 0.539. The molecule has 0 bridgehead atoms. The molecule has 1 heterocycles. The maximum atomic E-state index is 6.38. The summed E-state index contributed by atoms with van der Waals surface area (Å²) in [6.07, 6.45) is 0. The number of nitrogens with zero attached hydrogens (tertiary/aromatic N) is 2. The predicted octanol–water partition coefficient (Wildman–Crippen LogP) is 10.1. The summed E-state index contributed by atoms with van der Waals surface area (Å²) in [6.45, 7) is 0. The Labute approximate surface area is 232 Å². The average molecular weight is 529 g/mol. The van der Waals surface area contributed by atoms with Crippen LogP contribution in [0.5, 0.6) is 0 Å². The molecule has 2 nitrogen and oxygen atoms in total. The van der Waals surface area contributed by atoms with E-state index in [1.54, 1.807) is 6.07 Å². The molecule has 4 heteroatoms. The van der Waals surface area contributed by atoms with Gasteiger partial charge in [0.25, 0.3) is 0 Å². The Hall–Kier alpha value is -4.24. The highest BCUT2D eigenvalue weighted by Gasteiger charge is 2.16. The first-order chi connectivity index (χ1) is 18.7. The zero-order valence-corrected chi connectivity index (χ0v) is 21.9. The van der Waals surface area contributed by atoms with Gasteiger partial charge in [-0.05, 0) is 46.5 Å². The lowest BCUT2D eigenvalue weighted by Crippen LogP contribution is -1.98. The molecular weight excluding hydrogens is 507 g/mol. The zero-order valence-electron chi connectivity index (χ0n) is 20.4. The van der Waals surface area contributed by atoms with Crippen LogP contribution in [0.3, 0.4) is 0 Å². The van der Waals surface area contributed by atoms with Gasteiger partial charge in [0.1, 0.15) is 0 Å². The lowest BCUT2D eigenvalue weighted by Gasteiger charge is -2.15. The van der Waals surface area contributed by atoms with Crippen LogP contribution < -0.4 is 0 Å². The number of hydrogen-bond donors (Lipinski definition) is 0. The van der Waals surface area contributed by atoms with Crippen LogP contribution in [0, 0.1) is 0 Å². The van der Waals surface area contributed by atoms with E-state index >= 15 is 0 Å². The minimum atomic E-state index is 0.539. The summed E-state index contributed by atoms with van der Waals surface area (Å²) in [5.41, 5.74) is 8.91. The summed E-state index contributed by atoms with van der Waals surface area (Å²) in [5.74, 6) is 0.563. The van der Waals surface area contributed by atoms with E-state index in [2.05, 4.69) is 66.7 Å². The summed E-state index contributed by atoms with van der Waals surface area (Å²) in [4.78, 5) is 10.1. The van der Waals surface area contributed by atoms with E-state index in [9.17, 15) is 0 Å². The molecule has 0 atom stereocenters. The van der Waals surface area contributed by atoms with Gasteiger partial charge in [-0.2, -0.15) is 0 Å². The summed E-state index contributed by atoms with van der Waals surface area (Å²) >= 11 is 12.8. The molecule has 1 aromatic heterocycles. The summed E-state index contributed by atoms with van der Waals surface area (Å²) < 4.78 is 0. The first-order valence-corrected chi connectivity index (χ1v) is 13.1. The number of hydrogen-bond acceptors (Lipinski definition) is 2. The van der Waals surface area contributed by atoms with Gasteiger partial charge in [-0.1, -0.05) is 132 Å². The Morgan fingerprint density at radius 2 is 0.763 bits per heavy atom. The Bertz CT molecular complexity index is 1610. The number of halogens is 2. The van der Waals surface area contributed by atoms with Crippen molar-refractivity contribution >= 4 is 23.2 Å². The number of rotatable bonds is 5. The largest absolute Gasteiger partial charge is 0.228 e. The van der Waals surface area contributed by atoms with E-state index in [1.165, 1.54) is 0 Å². The molecule has 0 unspecified atom stereocenters. The van der Waals surface area contributed by atoms with Crippen molar-refractivity contribution in [3.8, 4) is 56.2 Å². The summed E-state index contributed by atoms with van der Waals surface area (Å²) in [6, 6.07) is 44.8. The van der Waals surface area contributed by atoms with Crippen LogP contribution in [0.25, 0.3) is 56.2 Å². The topological polar surface area (TPSA) is 25.8 Å². The van der Waals surface area contributed by atoms with E-state index < -0.39 is 0 Å². The van der Waals surface area contributed by atoms with Crippen molar-refractivity contribution in [2.45, 2.75) is 0 Å². The van der Waals surface area contributed by atoms with Gasteiger partial charge in [0.15, 0.2) is 5.82 Å². The van der Waals surface area contributed by atoms with Crippen LogP contribution in [0.15, 0.2) is 133 Å². The highest BCUT2D eigenvalue weighted by molar-refractivity contribution is 6.35. The summed E-state index contributed by atoms with van der Waals surface area (Å²) in [5, 5.41) is 1.08. The van der Waals surface area contributed by atoms with Gasteiger partial charge >= 0.3 is 0 Å². The van der Waals surface area contributed by atoms with Crippen molar-refractivity contribution < 1.29 is 0 Å². The van der Waals surface area contributed by atoms with Gasteiger partial charge in [0.05, 0.1) is 11.4 Å². The van der Waals surface area contributed by atoms with Crippen LogP contribution >= 0.6 is 23.2 Å². The molecule has 0 radical (unpaired) electrons. The monoisotopic (exact) mass is 528 g/mol. The maximum absolute atomic E-state index is 6.38. The highest BCUT2D eigenvalue weighted by Crippen LogP contribution is 2.37. The van der Waals surface area contributed by atoms with E-state index in [-0.39, 0.29) is 0 Å². The van der Waals surface area contributed by atoms with E-state index in [0.717, 1.165) is 50.3 Å². The first kappa shape index (κ1) is 24.1. The van der Waals surface area contributed by atoms with Crippen LogP contribution in [0.2, 0.25) is 10.0 Å². The molecule has 0 saturated carbocycles. The van der Waals surface area contributed by atoms with Crippen molar-refractivity contribution in [1.82, 2.24) is 9.97 Å². The van der Waals surface area contributed by atoms with Gasteiger partial charge in [-0.3, -0.25) is 0 Å². The summed E-state index contributed by atoms with van der Waals surface area (Å²) in [7, 11) is 0. The van der Waals surface area contributed by atoms with Crippen molar-refractivity contribution in [1.29, 1.82) is 0 Å². The van der Waals surface area contributed by atoms with Gasteiger partial charge in [-0.15, -0.1) is 0 Å². The molecule has 6 rings (SSSR count). The highest BCUT2D eigenvalue weighted by atomic mass is 35.5. The lowest BCUT2D eigenvalue weighted by molar-refractivity contribution is 1.18. The Kier molecular flexibility index (Phi) is 6.75. The van der Waals surface area contributed by atoms with Crippen LogP contribution in [0.1, 0.15) is 0 Å². The number of benzene rings is 5. The third-order valence-corrected chi connectivity index (χ3v) is 6.86. The Balaban J connectivity index is 1.61. The molecule has 0 fully saturated rings. The van der Waals surface area contributed by atoms with Gasteiger partial charge in [0.2, 0.25) is 0 Å². The number of aromatic nitrogens is 2. The molecule has 38 heavy (non-hydrogen) atoms.